The van der Waals surface area contributed by atoms with Crippen LogP contribution >= 0.6 is 0 Å². The second-order valence-electron chi connectivity index (χ2n) is 6.24. The van der Waals surface area contributed by atoms with Crippen LogP contribution < -0.4 is 4.74 Å². The fourth-order valence-electron chi connectivity index (χ4n) is 2.56. The van der Waals surface area contributed by atoms with E-state index < -0.39 is 0 Å². The zero-order chi connectivity index (χ0) is 16.9. The van der Waals surface area contributed by atoms with E-state index in [-0.39, 0.29) is 11.9 Å². The van der Waals surface area contributed by atoms with Gasteiger partial charge >= 0.3 is 0 Å². The Hall–Kier alpha value is -1.57. The summed E-state index contributed by atoms with van der Waals surface area (Å²) in [4.78, 5) is 11.0. The van der Waals surface area contributed by atoms with Gasteiger partial charge in [-0.2, -0.15) is 0 Å². The molecule has 1 aromatic rings. The van der Waals surface area contributed by atoms with E-state index in [0.717, 1.165) is 25.0 Å². The standard InChI is InChI=1S/C21H32O2/c1-4-6-8-9-11-20(10-7-5-2)23-21-16-14-19(15-17-21)13-12-18(3)22/h5,7,14-17,20H,4,6,8-13H2,1-3H3. The molecule has 2 nitrogen and oxygen atoms in total. The molecular formula is C21H32O2. The molecule has 0 N–H and O–H groups in total. The predicted octanol–water partition coefficient (Wildman–Crippen LogP) is 5.89. The van der Waals surface area contributed by atoms with Crippen LogP contribution in [0.5, 0.6) is 5.75 Å². The van der Waals surface area contributed by atoms with Crippen molar-refractivity contribution in [2.45, 2.75) is 78.2 Å². The summed E-state index contributed by atoms with van der Waals surface area (Å²) >= 11 is 0. The molecule has 0 amide bonds. The molecule has 1 unspecified atom stereocenters. The highest BCUT2D eigenvalue weighted by atomic mass is 16.5. The van der Waals surface area contributed by atoms with E-state index in [1.165, 1.54) is 31.2 Å². The smallest absolute Gasteiger partial charge is 0.130 e. The lowest BCUT2D eigenvalue weighted by Crippen LogP contribution is -2.15. The maximum atomic E-state index is 11.0. The van der Waals surface area contributed by atoms with Crippen molar-refractivity contribution in [2.75, 3.05) is 0 Å². The number of allylic oxidation sites excluding steroid dienone is 1. The first-order chi connectivity index (χ1) is 11.2. The Bertz CT molecular complexity index is 459. The van der Waals surface area contributed by atoms with Crippen LogP contribution in [0.3, 0.4) is 0 Å². The van der Waals surface area contributed by atoms with Gasteiger partial charge in [-0.15, -0.1) is 0 Å². The normalized spacial score (nSPS) is 12.5. The molecule has 0 saturated carbocycles. The van der Waals surface area contributed by atoms with Gasteiger partial charge in [-0.1, -0.05) is 50.5 Å². The summed E-state index contributed by atoms with van der Waals surface area (Å²) in [6.45, 7) is 5.93. The molecule has 0 spiro atoms. The summed E-state index contributed by atoms with van der Waals surface area (Å²) < 4.78 is 6.16. The molecule has 23 heavy (non-hydrogen) atoms. The van der Waals surface area contributed by atoms with Crippen LogP contribution in [0.1, 0.15) is 71.3 Å². The molecule has 2 heteroatoms. The third kappa shape index (κ3) is 9.22. The van der Waals surface area contributed by atoms with Gasteiger partial charge in [0.15, 0.2) is 0 Å². The molecule has 0 radical (unpaired) electrons. The van der Waals surface area contributed by atoms with Gasteiger partial charge in [0.05, 0.1) is 0 Å². The Morgan fingerprint density at radius 1 is 1.17 bits per heavy atom. The zero-order valence-corrected chi connectivity index (χ0v) is 15.0. The van der Waals surface area contributed by atoms with Gasteiger partial charge in [0.25, 0.3) is 0 Å². The Balaban J connectivity index is 2.51. The molecule has 0 aliphatic heterocycles. The summed E-state index contributed by atoms with van der Waals surface area (Å²) in [5.74, 6) is 1.17. The highest BCUT2D eigenvalue weighted by Gasteiger charge is 2.09. The van der Waals surface area contributed by atoms with Crippen LogP contribution in [0.4, 0.5) is 0 Å². The number of hydrogen-bond acceptors (Lipinski definition) is 2. The Morgan fingerprint density at radius 2 is 1.91 bits per heavy atom. The molecule has 1 aromatic carbocycles. The van der Waals surface area contributed by atoms with E-state index in [0.29, 0.717) is 6.42 Å². The molecule has 0 aliphatic carbocycles. The minimum absolute atomic E-state index is 0.240. The number of benzene rings is 1. The van der Waals surface area contributed by atoms with Gasteiger partial charge in [0, 0.05) is 12.8 Å². The molecule has 0 saturated heterocycles. The molecule has 1 atom stereocenters. The lowest BCUT2D eigenvalue weighted by atomic mass is 10.1. The van der Waals surface area contributed by atoms with E-state index >= 15 is 0 Å². The van der Waals surface area contributed by atoms with Crippen LogP contribution in [0, 0.1) is 0 Å². The first kappa shape index (κ1) is 19.5. The second kappa shape index (κ2) is 11.9. The molecule has 0 bridgehead atoms. The van der Waals surface area contributed by atoms with Crippen molar-refractivity contribution in [3.63, 3.8) is 0 Å². The first-order valence-electron chi connectivity index (χ1n) is 9.01. The lowest BCUT2D eigenvalue weighted by molar-refractivity contribution is -0.116. The highest BCUT2D eigenvalue weighted by Crippen LogP contribution is 2.19. The monoisotopic (exact) mass is 316 g/mol. The lowest BCUT2D eigenvalue weighted by Gasteiger charge is -2.18. The summed E-state index contributed by atoms with van der Waals surface area (Å²) in [5.41, 5.74) is 1.19. The molecule has 0 aromatic heterocycles. The maximum absolute atomic E-state index is 11.0. The van der Waals surface area contributed by atoms with Crippen molar-refractivity contribution in [1.82, 2.24) is 0 Å². The number of ketones is 1. The Morgan fingerprint density at radius 3 is 2.52 bits per heavy atom. The SMILES string of the molecule is CC=CCC(CCCCCC)Oc1ccc(CCC(C)=O)cc1. The third-order valence-corrected chi connectivity index (χ3v) is 4.01. The molecule has 128 valence electrons. The van der Waals surface area contributed by atoms with Crippen LogP contribution in [0.15, 0.2) is 36.4 Å². The number of hydrogen-bond donors (Lipinski definition) is 0. The van der Waals surface area contributed by atoms with E-state index in [4.69, 9.17) is 4.74 Å². The van der Waals surface area contributed by atoms with Crippen molar-refractivity contribution in [2.24, 2.45) is 0 Å². The van der Waals surface area contributed by atoms with Crippen molar-refractivity contribution in [3.05, 3.63) is 42.0 Å². The summed E-state index contributed by atoms with van der Waals surface area (Å²) in [6, 6.07) is 8.21. The number of Topliss-reactive ketones (excluding diaryl/α,β-unsaturated/α-hetero) is 1. The van der Waals surface area contributed by atoms with E-state index in [9.17, 15) is 4.79 Å². The number of ether oxygens (including phenoxy) is 1. The summed E-state index contributed by atoms with van der Waals surface area (Å²) in [7, 11) is 0. The molecule has 0 fully saturated rings. The predicted molar refractivity (Wildman–Crippen MR) is 98.1 cm³/mol. The number of rotatable bonds is 12. The number of aryl methyl sites for hydroxylation is 1. The van der Waals surface area contributed by atoms with E-state index in [1.54, 1.807) is 6.92 Å². The minimum Gasteiger partial charge on any atom is -0.490 e. The largest absolute Gasteiger partial charge is 0.490 e. The van der Waals surface area contributed by atoms with Gasteiger partial charge in [0.2, 0.25) is 0 Å². The second-order valence-corrected chi connectivity index (χ2v) is 6.24. The van der Waals surface area contributed by atoms with Crippen molar-refractivity contribution >= 4 is 5.78 Å². The summed E-state index contributed by atoms with van der Waals surface area (Å²) in [6.07, 6.45) is 13.1. The van der Waals surface area contributed by atoms with Crippen LogP contribution in [-0.4, -0.2) is 11.9 Å². The quantitative estimate of drug-likeness (QED) is 0.355. The number of carbonyl (C=O) groups excluding carboxylic acids is 1. The fraction of sp³-hybridized carbons (Fsp3) is 0.571. The molecule has 0 aliphatic rings. The van der Waals surface area contributed by atoms with Crippen molar-refractivity contribution in [3.8, 4) is 5.75 Å². The zero-order valence-electron chi connectivity index (χ0n) is 15.0. The molecule has 1 rings (SSSR count). The molecule has 0 heterocycles. The topological polar surface area (TPSA) is 26.3 Å². The van der Waals surface area contributed by atoms with Gasteiger partial charge < -0.3 is 9.53 Å². The first-order valence-corrected chi connectivity index (χ1v) is 9.01. The summed E-state index contributed by atoms with van der Waals surface area (Å²) in [5, 5.41) is 0. The van der Waals surface area contributed by atoms with Crippen LogP contribution in [0.25, 0.3) is 0 Å². The Kier molecular flexibility index (Phi) is 10.1. The van der Waals surface area contributed by atoms with Crippen LogP contribution in [0.2, 0.25) is 0 Å². The van der Waals surface area contributed by atoms with Gasteiger partial charge in [0.1, 0.15) is 17.6 Å². The number of carbonyl (C=O) groups is 1. The average molecular weight is 316 g/mol. The minimum atomic E-state index is 0.240. The van der Waals surface area contributed by atoms with Crippen molar-refractivity contribution < 1.29 is 9.53 Å². The van der Waals surface area contributed by atoms with E-state index in [2.05, 4.69) is 38.1 Å². The van der Waals surface area contributed by atoms with Gasteiger partial charge in [-0.25, -0.2) is 0 Å². The van der Waals surface area contributed by atoms with E-state index in [1.807, 2.05) is 12.1 Å². The Labute approximate surface area is 141 Å². The van der Waals surface area contributed by atoms with Crippen molar-refractivity contribution in [1.29, 1.82) is 0 Å². The number of unbranched alkanes of at least 4 members (excludes halogenated alkanes) is 3. The van der Waals surface area contributed by atoms with Gasteiger partial charge in [-0.05, 0) is 50.8 Å². The highest BCUT2D eigenvalue weighted by molar-refractivity contribution is 5.75. The van der Waals surface area contributed by atoms with Gasteiger partial charge in [-0.3, -0.25) is 0 Å². The molecular weight excluding hydrogens is 284 g/mol. The van der Waals surface area contributed by atoms with Crippen LogP contribution in [-0.2, 0) is 11.2 Å². The maximum Gasteiger partial charge on any atom is 0.130 e. The fourth-order valence-corrected chi connectivity index (χ4v) is 2.56. The average Bonchev–Trinajstić information content (AvgIpc) is 2.55. The third-order valence-electron chi connectivity index (χ3n) is 4.01.